The Morgan fingerprint density at radius 2 is 2.15 bits per heavy atom. The number of aryl methyl sites for hydroxylation is 1. The van der Waals surface area contributed by atoms with Gasteiger partial charge in [0.2, 0.25) is 5.91 Å². The lowest BCUT2D eigenvalue weighted by atomic mass is 10.3. The zero-order valence-corrected chi connectivity index (χ0v) is 12.9. The summed E-state index contributed by atoms with van der Waals surface area (Å²) in [6.45, 7) is 1.79. The third-order valence-electron chi connectivity index (χ3n) is 2.66. The molecule has 0 radical (unpaired) electrons. The summed E-state index contributed by atoms with van der Waals surface area (Å²) < 4.78 is 6.01. The van der Waals surface area contributed by atoms with E-state index in [2.05, 4.69) is 26.1 Å². The van der Waals surface area contributed by atoms with E-state index in [1.807, 2.05) is 24.3 Å². The van der Waals surface area contributed by atoms with Crippen molar-refractivity contribution in [3.05, 3.63) is 40.6 Å². The predicted octanol–water partition coefficient (Wildman–Crippen LogP) is 3.51. The highest BCUT2D eigenvalue weighted by Crippen LogP contribution is 2.28. The van der Waals surface area contributed by atoms with Crippen LogP contribution in [0, 0.1) is 6.92 Å². The molecule has 0 aliphatic carbocycles. The van der Waals surface area contributed by atoms with Crippen molar-refractivity contribution in [3.8, 4) is 0 Å². The van der Waals surface area contributed by atoms with E-state index in [0.29, 0.717) is 22.5 Å². The van der Waals surface area contributed by atoms with Gasteiger partial charge in [0.25, 0.3) is 0 Å². The SMILES string of the molecule is Cc1cc(N2C(=O)CSC2=Nc2ccc(Br)cc2)no1. The van der Waals surface area contributed by atoms with Gasteiger partial charge in [0.15, 0.2) is 11.0 Å². The Balaban J connectivity index is 1.95. The van der Waals surface area contributed by atoms with E-state index in [1.54, 1.807) is 13.0 Å². The van der Waals surface area contributed by atoms with E-state index in [0.717, 1.165) is 10.2 Å². The number of hydrogen-bond donors (Lipinski definition) is 0. The van der Waals surface area contributed by atoms with E-state index in [1.165, 1.54) is 16.7 Å². The number of aliphatic imine (C=N–C) groups is 1. The number of anilines is 1. The van der Waals surface area contributed by atoms with Gasteiger partial charge in [0.05, 0.1) is 11.4 Å². The molecule has 1 amide bonds. The Morgan fingerprint density at radius 3 is 2.80 bits per heavy atom. The lowest BCUT2D eigenvalue weighted by molar-refractivity contribution is -0.115. The van der Waals surface area contributed by atoms with Crippen molar-refractivity contribution in [1.29, 1.82) is 0 Å². The van der Waals surface area contributed by atoms with E-state index in [9.17, 15) is 4.79 Å². The summed E-state index contributed by atoms with van der Waals surface area (Å²) in [4.78, 5) is 18.0. The van der Waals surface area contributed by atoms with E-state index in [-0.39, 0.29) is 5.91 Å². The molecule has 0 spiro atoms. The molecule has 0 N–H and O–H groups in total. The molecule has 0 atom stereocenters. The Hall–Kier alpha value is -1.60. The van der Waals surface area contributed by atoms with Crippen LogP contribution in [0.15, 0.2) is 44.3 Å². The van der Waals surface area contributed by atoms with Gasteiger partial charge in [-0.2, -0.15) is 0 Å². The highest BCUT2D eigenvalue weighted by Gasteiger charge is 2.31. The van der Waals surface area contributed by atoms with E-state index in [4.69, 9.17) is 4.52 Å². The highest BCUT2D eigenvalue weighted by molar-refractivity contribution is 9.10. The number of amidine groups is 1. The molecule has 0 unspecified atom stereocenters. The Kier molecular flexibility index (Phi) is 3.62. The van der Waals surface area contributed by atoms with Gasteiger partial charge in [-0.3, -0.25) is 4.79 Å². The predicted molar refractivity (Wildman–Crippen MR) is 82.4 cm³/mol. The largest absolute Gasteiger partial charge is 0.360 e. The zero-order chi connectivity index (χ0) is 14.1. The molecule has 102 valence electrons. The average Bonchev–Trinajstić information content (AvgIpc) is 2.99. The molecule has 1 aromatic heterocycles. The van der Waals surface area contributed by atoms with Crippen LogP contribution in [0.1, 0.15) is 5.76 Å². The van der Waals surface area contributed by atoms with Crippen molar-refractivity contribution in [3.63, 3.8) is 0 Å². The normalized spacial score (nSPS) is 17.2. The molecule has 2 aromatic rings. The second kappa shape index (κ2) is 5.41. The molecule has 1 aliphatic rings. The minimum atomic E-state index is -0.0424. The van der Waals surface area contributed by atoms with E-state index >= 15 is 0 Å². The number of hydrogen-bond acceptors (Lipinski definition) is 5. The van der Waals surface area contributed by atoms with Crippen molar-refractivity contribution < 1.29 is 9.32 Å². The van der Waals surface area contributed by atoms with Gasteiger partial charge < -0.3 is 4.52 Å². The summed E-state index contributed by atoms with van der Waals surface area (Å²) in [5.41, 5.74) is 0.788. The molecule has 0 bridgehead atoms. The molecule has 1 aromatic carbocycles. The molecule has 1 fully saturated rings. The van der Waals surface area contributed by atoms with Crippen LogP contribution in [0.5, 0.6) is 0 Å². The Bertz CT molecular complexity index is 681. The molecule has 5 nitrogen and oxygen atoms in total. The van der Waals surface area contributed by atoms with Gasteiger partial charge in [-0.1, -0.05) is 32.8 Å². The van der Waals surface area contributed by atoms with Crippen LogP contribution in [0.3, 0.4) is 0 Å². The monoisotopic (exact) mass is 351 g/mol. The molecular weight excluding hydrogens is 342 g/mol. The summed E-state index contributed by atoms with van der Waals surface area (Å²) in [6, 6.07) is 9.30. The van der Waals surface area contributed by atoms with Crippen LogP contribution in [0.4, 0.5) is 11.5 Å². The molecule has 3 rings (SSSR count). The smallest absolute Gasteiger partial charge is 0.244 e. The first-order valence-electron chi connectivity index (χ1n) is 5.87. The lowest BCUT2D eigenvalue weighted by Crippen LogP contribution is -2.29. The van der Waals surface area contributed by atoms with Crippen molar-refractivity contribution >= 4 is 50.3 Å². The number of thioether (sulfide) groups is 1. The maximum Gasteiger partial charge on any atom is 0.244 e. The Morgan fingerprint density at radius 1 is 1.40 bits per heavy atom. The molecule has 0 saturated carbocycles. The van der Waals surface area contributed by atoms with Gasteiger partial charge in [-0.05, 0) is 31.2 Å². The number of nitrogens with zero attached hydrogens (tertiary/aromatic N) is 3. The van der Waals surface area contributed by atoms with E-state index < -0.39 is 0 Å². The van der Waals surface area contributed by atoms with Crippen molar-refractivity contribution in [2.24, 2.45) is 4.99 Å². The quantitative estimate of drug-likeness (QED) is 0.830. The summed E-state index contributed by atoms with van der Waals surface area (Å²) in [6.07, 6.45) is 0. The number of benzene rings is 1. The first kappa shape index (κ1) is 13.4. The molecule has 1 aliphatic heterocycles. The lowest BCUT2D eigenvalue weighted by Gasteiger charge is -2.11. The number of carbonyl (C=O) groups is 1. The first-order valence-corrected chi connectivity index (χ1v) is 7.65. The molecule has 2 heterocycles. The minimum Gasteiger partial charge on any atom is -0.360 e. The standard InChI is InChI=1S/C13H10BrN3O2S/c1-8-6-11(16-19-8)17-12(18)7-20-13(17)15-10-4-2-9(14)3-5-10/h2-6H,7H2,1H3. The van der Waals surface area contributed by atoms with Crippen LogP contribution in [0.25, 0.3) is 0 Å². The molecule has 7 heteroatoms. The fourth-order valence-corrected chi connectivity index (χ4v) is 2.90. The van der Waals surface area contributed by atoms with Crippen LogP contribution >= 0.6 is 27.7 Å². The second-order valence-corrected chi connectivity index (χ2v) is 6.04. The summed E-state index contributed by atoms with van der Waals surface area (Å²) in [5.74, 6) is 1.46. The molecule has 1 saturated heterocycles. The van der Waals surface area contributed by atoms with Crippen molar-refractivity contribution in [1.82, 2.24) is 5.16 Å². The Labute approximate surface area is 128 Å². The fourth-order valence-electron chi connectivity index (χ4n) is 1.75. The molecular formula is C13H10BrN3O2S. The highest BCUT2D eigenvalue weighted by atomic mass is 79.9. The molecule has 20 heavy (non-hydrogen) atoms. The van der Waals surface area contributed by atoms with Crippen LogP contribution in [-0.2, 0) is 4.79 Å². The summed E-state index contributed by atoms with van der Waals surface area (Å²) in [5, 5.41) is 4.50. The van der Waals surface area contributed by atoms with Gasteiger partial charge in [0.1, 0.15) is 5.76 Å². The zero-order valence-electron chi connectivity index (χ0n) is 10.5. The van der Waals surface area contributed by atoms with Gasteiger partial charge in [0, 0.05) is 10.5 Å². The number of carbonyl (C=O) groups excluding carboxylic acids is 1. The van der Waals surface area contributed by atoms with Crippen LogP contribution in [-0.4, -0.2) is 22.0 Å². The van der Waals surface area contributed by atoms with Gasteiger partial charge >= 0.3 is 0 Å². The number of aromatic nitrogens is 1. The third kappa shape index (κ3) is 2.64. The van der Waals surface area contributed by atoms with Crippen molar-refractivity contribution in [2.75, 3.05) is 10.7 Å². The first-order chi connectivity index (χ1) is 9.63. The second-order valence-electron chi connectivity index (χ2n) is 4.18. The fraction of sp³-hybridized carbons (Fsp3) is 0.154. The summed E-state index contributed by atoms with van der Waals surface area (Å²) >= 11 is 4.77. The van der Waals surface area contributed by atoms with Crippen molar-refractivity contribution in [2.45, 2.75) is 6.92 Å². The third-order valence-corrected chi connectivity index (χ3v) is 4.11. The maximum absolute atomic E-state index is 12.0. The van der Waals surface area contributed by atoms with Gasteiger partial charge in [-0.15, -0.1) is 0 Å². The number of halogens is 1. The summed E-state index contributed by atoms with van der Waals surface area (Å²) in [7, 11) is 0. The van der Waals surface area contributed by atoms with Crippen LogP contribution in [0.2, 0.25) is 0 Å². The van der Waals surface area contributed by atoms with Gasteiger partial charge in [-0.25, -0.2) is 9.89 Å². The maximum atomic E-state index is 12.0. The number of amides is 1. The van der Waals surface area contributed by atoms with Crippen LogP contribution < -0.4 is 4.90 Å². The number of rotatable bonds is 2. The minimum absolute atomic E-state index is 0.0424. The average molecular weight is 352 g/mol. The topological polar surface area (TPSA) is 58.7 Å².